The lowest BCUT2D eigenvalue weighted by Crippen LogP contribution is -2.35. The van der Waals surface area contributed by atoms with Gasteiger partial charge in [0.15, 0.2) is 0 Å². The Hall–Kier alpha value is -2.21. The molecule has 6 nitrogen and oxygen atoms in total. The minimum Gasteiger partial charge on any atom is -0.329 e. The summed E-state index contributed by atoms with van der Waals surface area (Å²) in [4.78, 5) is 40.7. The number of carbonyl (C=O) groups excluding carboxylic acids is 3. The van der Waals surface area contributed by atoms with Gasteiger partial charge in [0.05, 0.1) is 17.0 Å². The van der Waals surface area contributed by atoms with Crippen LogP contribution in [-0.4, -0.2) is 35.9 Å². The quantitative estimate of drug-likeness (QED) is 0.776. The molecule has 1 fully saturated rings. The summed E-state index contributed by atoms with van der Waals surface area (Å²) in [7, 11) is 0. The third kappa shape index (κ3) is 1.90. The van der Waals surface area contributed by atoms with Crippen molar-refractivity contribution >= 4 is 17.8 Å². The highest BCUT2D eigenvalue weighted by atomic mass is 16.7. The molecule has 0 radical (unpaired) electrons. The van der Waals surface area contributed by atoms with Crippen molar-refractivity contribution in [3.8, 4) is 0 Å². The van der Waals surface area contributed by atoms with Gasteiger partial charge >= 0.3 is 5.97 Å². The second-order valence-electron chi connectivity index (χ2n) is 4.55. The van der Waals surface area contributed by atoms with Gasteiger partial charge in [-0.3, -0.25) is 9.59 Å². The summed E-state index contributed by atoms with van der Waals surface area (Å²) < 4.78 is 0. The third-order valence-electron chi connectivity index (χ3n) is 3.33. The van der Waals surface area contributed by atoms with Gasteiger partial charge in [-0.15, -0.1) is 0 Å². The van der Waals surface area contributed by atoms with E-state index >= 15 is 0 Å². The van der Waals surface area contributed by atoms with Crippen LogP contribution in [0.5, 0.6) is 0 Å². The molecule has 0 spiro atoms. The molecule has 98 valence electrons. The van der Waals surface area contributed by atoms with E-state index in [1.807, 2.05) is 0 Å². The molecule has 1 aromatic rings. The maximum atomic E-state index is 12.0. The average molecular weight is 260 g/mol. The second-order valence-corrected chi connectivity index (χ2v) is 4.55. The molecule has 6 heteroatoms. The maximum absolute atomic E-state index is 12.0. The Bertz CT molecular complexity index is 529. The normalized spacial score (nSPS) is 21.7. The van der Waals surface area contributed by atoms with Gasteiger partial charge in [-0.05, 0) is 25.1 Å². The smallest absolute Gasteiger partial charge is 0.329 e. The first kappa shape index (κ1) is 11.9. The molecular weight excluding hydrogens is 248 g/mol. The number of imide groups is 1. The monoisotopic (exact) mass is 260 g/mol. The van der Waals surface area contributed by atoms with E-state index in [9.17, 15) is 14.4 Å². The van der Waals surface area contributed by atoms with E-state index in [0.717, 1.165) is 6.54 Å². The molecule has 2 heterocycles. The Morgan fingerprint density at radius 3 is 2.37 bits per heavy atom. The minimum absolute atomic E-state index is 0.268. The Kier molecular flexibility index (Phi) is 2.79. The first-order valence-electron chi connectivity index (χ1n) is 6.09. The minimum atomic E-state index is -0.583. The van der Waals surface area contributed by atoms with Gasteiger partial charge in [-0.1, -0.05) is 17.2 Å². The van der Waals surface area contributed by atoms with E-state index in [4.69, 9.17) is 4.84 Å². The summed E-state index contributed by atoms with van der Waals surface area (Å²) in [5, 5.41) is 3.59. The van der Waals surface area contributed by atoms with Gasteiger partial charge in [-0.2, -0.15) is 0 Å². The van der Waals surface area contributed by atoms with Crippen molar-refractivity contribution < 1.29 is 19.2 Å². The molecular formula is C13H12N2O4. The number of amides is 2. The van der Waals surface area contributed by atoms with Crippen LogP contribution in [0.4, 0.5) is 0 Å². The van der Waals surface area contributed by atoms with Crippen molar-refractivity contribution in [2.45, 2.75) is 6.42 Å². The Labute approximate surface area is 109 Å². The number of rotatable bonds is 2. The van der Waals surface area contributed by atoms with Crippen molar-refractivity contribution in [2.24, 2.45) is 5.92 Å². The SMILES string of the molecule is O=C(ON1C(=O)c2ccccc2C1=O)C1CCNC1. The van der Waals surface area contributed by atoms with Crippen molar-refractivity contribution in [3.05, 3.63) is 35.4 Å². The molecule has 1 atom stereocenters. The molecule has 0 aromatic heterocycles. The molecule has 2 aliphatic heterocycles. The topological polar surface area (TPSA) is 75.7 Å². The predicted molar refractivity (Wildman–Crippen MR) is 64.0 cm³/mol. The van der Waals surface area contributed by atoms with E-state index in [2.05, 4.69) is 5.32 Å². The lowest BCUT2D eigenvalue weighted by molar-refractivity contribution is -0.172. The van der Waals surface area contributed by atoms with E-state index in [0.29, 0.717) is 18.0 Å². The van der Waals surface area contributed by atoms with Crippen LogP contribution >= 0.6 is 0 Å². The molecule has 2 amide bonds. The van der Waals surface area contributed by atoms with Crippen molar-refractivity contribution in [1.29, 1.82) is 0 Å². The number of hydrogen-bond donors (Lipinski definition) is 1. The van der Waals surface area contributed by atoms with Gasteiger partial charge in [0.1, 0.15) is 0 Å². The molecule has 19 heavy (non-hydrogen) atoms. The van der Waals surface area contributed by atoms with Crippen molar-refractivity contribution in [2.75, 3.05) is 13.1 Å². The standard InChI is InChI=1S/C13H12N2O4/c16-11-9-3-1-2-4-10(9)12(17)15(11)19-13(18)8-5-6-14-7-8/h1-4,8,14H,5-7H2. The van der Waals surface area contributed by atoms with E-state index in [-0.39, 0.29) is 17.0 Å². The van der Waals surface area contributed by atoms with Crippen LogP contribution in [0.2, 0.25) is 0 Å². The number of benzene rings is 1. The van der Waals surface area contributed by atoms with E-state index < -0.39 is 17.8 Å². The summed E-state index contributed by atoms with van der Waals surface area (Å²) >= 11 is 0. The van der Waals surface area contributed by atoms with Gasteiger partial charge in [0, 0.05) is 6.54 Å². The molecule has 1 N–H and O–H groups in total. The highest BCUT2D eigenvalue weighted by molar-refractivity contribution is 6.20. The number of nitrogens with one attached hydrogen (secondary N) is 1. The average Bonchev–Trinajstić information content (AvgIpc) is 3.03. The molecule has 0 aliphatic carbocycles. The van der Waals surface area contributed by atoms with Crippen LogP contribution in [0.1, 0.15) is 27.1 Å². The Morgan fingerprint density at radius 2 is 1.84 bits per heavy atom. The fraction of sp³-hybridized carbons (Fsp3) is 0.308. The van der Waals surface area contributed by atoms with Gasteiger partial charge in [0.25, 0.3) is 11.8 Å². The number of nitrogens with zero attached hydrogens (tertiary/aromatic N) is 1. The van der Waals surface area contributed by atoms with E-state index in [1.165, 1.54) is 0 Å². The van der Waals surface area contributed by atoms with Crippen LogP contribution in [0.15, 0.2) is 24.3 Å². The number of hydrogen-bond acceptors (Lipinski definition) is 5. The number of hydroxylamine groups is 2. The molecule has 3 rings (SSSR count). The lowest BCUT2D eigenvalue weighted by atomic mass is 10.1. The first-order chi connectivity index (χ1) is 9.18. The molecule has 0 bridgehead atoms. The molecule has 2 aliphatic rings. The zero-order chi connectivity index (χ0) is 13.4. The molecule has 1 unspecified atom stereocenters. The van der Waals surface area contributed by atoms with Gasteiger partial charge in [-0.25, -0.2) is 4.79 Å². The third-order valence-corrected chi connectivity index (χ3v) is 3.33. The first-order valence-corrected chi connectivity index (χ1v) is 6.09. The molecule has 1 saturated heterocycles. The van der Waals surface area contributed by atoms with Gasteiger partial charge < -0.3 is 10.2 Å². The van der Waals surface area contributed by atoms with Crippen LogP contribution in [0.25, 0.3) is 0 Å². The van der Waals surface area contributed by atoms with Gasteiger partial charge in [0.2, 0.25) is 0 Å². The van der Waals surface area contributed by atoms with Crippen LogP contribution in [0.3, 0.4) is 0 Å². The lowest BCUT2D eigenvalue weighted by Gasteiger charge is -2.15. The summed E-state index contributed by atoms with van der Waals surface area (Å²) in [5.41, 5.74) is 0.537. The van der Waals surface area contributed by atoms with Crippen LogP contribution in [0, 0.1) is 5.92 Å². The molecule has 0 saturated carbocycles. The van der Waals surface area contributed by atoms with Crippen molar-refractivity contribution in [3.63, 3.8) is 0 Å². The Morgan fingerprint density at radius 1 is 1.21 bits per heavy atom. The second kappa shape index (κ2) is 4.47. The molecule has 1 aromatic carbocycles. The Balaban J connectivity index is 1.78. The summed E-state index contributed by atoms with van der Waals surface area (Å²) in [6.45, 7) is 1.25. The summed E-state index contributed by atoms with van der Waals surface area (Å²) in [6, 6.07) is 6.41. The summed E-state index contributed by atoms with van der Waals surface area (Å²) in [6.07, 6.45) is 0.655. The highest BCUT2D eigenvalue weighted by Gasteiger charge is 2.39. The number of fused-ring (bicyclic) bond motifs is 1. The summed E-state index contributed by atoms with van der Waals surface area (Å²) in [5.74, 6) is -2.01. The zero-order valence-corrected chi connectivity index (χ0v) is 10.1. The van der Waals surface area contributed by atoms with Crippen LogP contribution < -0.4 is 5.32 Å². The fourth-order valence-corrected chi connectivity index (χ4v) is 2.27. The van der Waals surface area contributed by atoms with Crippen LogP contribution in [-0.2, 0) is 9.63 Å². The number of carbonyl (C=O) groups is 3. The maximum Gasteiger partial charge on any atom is 0.337 e. The van der Waals surface area contributed by atoms with E-state index in [1.54, 1.807) is 24.3 Å². The highest BCUT2D eigenvalue weighted by Crippen LogP contribution is 2.23. The van der Waals surface area contributed by atoms with Crippen molar-refractivity contribution in [1.82, 2.24) is 10.4 Å². The fourth-order valence-electron chi connectivity index (χ4n) is 2.27. The predicted octanol–water partition coefficient (Wildman–Crippen LogP) is 0.350. The largest absolute Gasteiger partial charge is 0.337 e. The zero-order valence-electron chi connectivity index (χ0n) is 10.1.